The Morgan fingerprint density at radius 1 is 1.21 bits per heavy atom. The van der Waals surface area contributed by atoms with Crippen LogP contribution in [0.15, 0.2) is 24.4 Å². The predicted octanol–water partition coefficient (Wildman–Crippen LogP) is 1.69. The number of aromatic nitrogens is 1. The van der Waals surface area contributed by atoms with Gasteiger partial charge in [-0.3, -0.25) is 14.7 Å². The molecule has 0 radical (unpaired) electrons. The molecule has 3 rings (SSSR count). The summed E-state index contributed by atoms with van der Waals surface area (Å²) >= 11 is 0. The van der Waals surface area contributed by atoms with Gasteiger partial charge < -0.3 is 10.2 Å². The summed E-state index contributed by atoms with van der Waals surface area (Å²) in [5.41, 5.74) is 1.05. The van der Waals surface area contributed by atoms with Crippen molar-refractivity contribution in [1.29, 1.82) is 0 Å². The van der Waals surface area contributed by atoms with Crippen LogP contribution in [0.5, 0.6) is 0 Å². The molecule has 1 aromatic rings. The summed E-state index contributed by atoms with van der Waals surface area (Å²) < 4.78 is 13.2. The van der Waals surface area contributed by atoms with E-state index in [-0.39, 0.29) is 49.2 Å². The first-order valence-corrected chi connectivity index (χ1v) is 7.51. The second kappa shape index (κ2) is 11.1. The molecule has 1 N–H and O–H groups in total. The average molecular weight is 402 g/mol. The Balaban J connectivity index is 0.00000176. The van der Waals surface area contributed by atoms with Crippen molar-refractivity contribution >= 4 is 43.1 Å². The molecule has 0 spiro atoms. The molecule has 0 aromatic carbocycles. The minimum absolute atomic E-state index is 0. The second-order valence-electron chi connectivity index (χ2n) is 5.72. The van der Waals surface area contributed by atoms with Crippen molar-refractivity contribution in [2.45, 2.75) is 25.2 Å². The lowest BCUT2D eigenvalue weighted by Gasteiger charge is -2.35. The second-order valence-corrected chi connectivity index (χ2v) is 5.72. The number of piperazine rings is 1. The highest BCUT2D eigenvalue weighted by Crippen LogP contribution is 2.14. The van der Waals surface area contributed by atoms with Crippen LogP contribution in [0.1, 0.15) is 12.1 Å². The zero-order chi connectivity index (χ0) is 14.7. The van der Waals surface area contributed by atoms with Gasteiger partial charge >= 0.3 is 0 Å². The molecular formula is C15H24Cl3FN4O. The van der Waals surface area contributed by atoms with E-state index in [1.807, 2.05) is 23.1 Å². The number of nitrogens with zero attached hydrogens (tertiary/aromatic N) is 3. The molecule has 5 nitrogen and oxygen atoms in total. The van der Waals surface area contributed by atoms with Crippen LogP contribution in [-0.4, -0.2) is 65.6 Å². The number of alkyl halides is 1. The van der Waals surface area contributed by atoms with Gasteiger partial charge in [0.1, 0.15) is 6.17 Å². The van der Waals surface area contributed by atoms with Crippen LogP contribution < -0.4 is 5.32 Å². The van der Waals surface area contributed by atoms with Gasteiger partial charge in [0.2, 0.25) is 5.91 Å². The van der Waals surface area contributed by atoms with Gasteiger partial charge in [-0.15, -0.1) is 37.2 Å². The van der Waals surface area contributed by atoms with E-state index in [1.54, 1.807) is 6.20 Å². The van der Waals surface area contributed by atoms with Gasteiger partial charge in [-0.2, -0.15) is 0 Å². The van der Waals surface area contributed by atoms with E-state index in [9.17, 15) is 9.18 Å². The van der Waals surface area contributed by atoms with Crippen LogP contribution in [0.4, 0.5) is 4.39 Å². The molecule has 2 aliphatic heterocycles. The van der Waals surface area contributed by atoms with Crippen molar-refractivity contribution in [1.82, 2.24) is 20.1 Å². The minimum atomic E-state index is -0.885. The van der Waals surface area contributed by atoms with Crippen LogP contribution in [0.25, 0.3) is 0 Å². The minimum Gasteiger partial charge on any atom is -0.339 e. The fourth-order valence-electron chi connectivity index (χ4n) is 2.95. The van der Waals surface area contributed by atoms with Crippen LogP contribution in [0.3, 0.4) is 0 Å². The summed E-state index contributed by atoms with van der Waals surface area (Å²) in [4.78, 5) is 20.8. The summed E-state index contributed by atoms with van der Waals surface area (Å²) in [6.07, 6.45) is 1.23. The van der Waals surface area contributed by atoms with Gasteiger partial charge in [-0.05, 0) is 12.1 Å². The topological polar surface area (TPSA) is 48.5 Å². The van der Waals surface area contributed by atoms with E-state index in [0.717, 1.165) is 25.3 Å². The molecule has 3 heterocycles. The standard InChI is InChI=1S/C15H21FN4O.3ClH/c16-12-9-14(18-10-12)15(21)20-7-5-19(6-8-20)11-13-3-1-2-4-17-13;;;/h1-4,12,14,18H,5-11H2;3*1H/t12-,14+;;;/m0.../s1. The number of halogens is 4. The van der Waals surface area contributed by atoms with E-state index in [1.165, 1.54) is 0 Å². The average Bonchev–Trinajstić information content (AvgIpc) is 2.95. The van der Waals surface area contributed by atoms with Gasteiger partial charge in [0.15, 0.2) is 0 Å². The predicted molar refractivity (Wildman–Crippen MR) is 99.1 cm³/mol. The van der Waals surface area contributed by atoms with Crippen LogP contribution >= 0.6 is 37.2 Å². The number of carbonyl (C=O) groups excluding carboxylic acids is 1. The molecule has 2 atom stereocenters. The molecule has 1 aromatic heterocycles. The number of carbonyl (C=O) groups is 1. The van der Waals surface area contributed by atoms with E-state index < -0.39 is 6.17 Å². The Morgan fingerprint density at radius 3 is 2.46 bits per heavy atom. The Bertz CT molecular complexity index is 489. The summed E-state index contributed by atoms with van der Waals surface area (Å²) in [6.45, 7) is 4.22. The number of hydrogen-bond donors (Lipinski definition) is 1. The fraction of sp³-hybridized carbons (Fsp3) is 0.600. The first kappa shape index (κ1) is 23.3. The van der Waals surface area contributed by atoms with Crippen molar-refractivity contribution in [2.75, 3.05) is 32.7 Å². The molecule has 0 aliphatic carbocycles. The van der Waals surface area contributed by atoms with Crippen molar-refractivity contribution in [2.24, 2.45) is 0 Å². The lowest BCUT2D eigenvalue weighted by Crippen LogP contribution is -2.52. The summed E-state index contributed by atoms with van der Waals surface area (Å²) in [5, 5.41) is 2.96. The molecule has 138 valence electrons. The third-order valence-electron chi connectivity index (χ3n) is 4.17. The van der Waals surface area contributed by atoms with Crippen LogP contribution in [-0.2, 0) is 11.3 Å². The molecule has 1 amide bonds. The Morgan fingerprint density at radius 2 is 1.92 bits per heavy atom. The molecule has 0 bridgehead atoms. The summed E-state index contributed by atoms with van der Waals surface area (Å²) in [5.74, 6) is 0.0487. The third-order valence-corrected chi connectivity index (χ3v) is 4.17. The number of amides is 1. The SMILES string of the molecule is Cl.Cl.Cl.O=C([C@H]1C[C@H](F)CN1)N1CCN(Cc2ccccn2)CC1. The highest BCUT2D eigenvalue weighted by molar-refractivity contribution is 5.86. The number of nitrogens with one attached hydrogen (secondary N) is 1. The number of hydrogen-bond acceptors (Lipinski definition) is 4. The molecule has 2 aliphatic rings. The summed E-state index contributed by atoms with van der Waals surface area (Å²) in [7, 11) is 0. The van der Waals surface area contributed by atoms with Gasteiger partial charge in [0.25, 0.3) is 0 Å². The van der Waals surface area contributed by atoms with Crippen molar-refractivity contribution in [3.8, 4) is 0 Å². The molecule has 9 heteroatoms. The Labute approximate surface area is 160 Å². The summed E-state index contributed by atoms with van der Waals surface area (Å²) in [6, 6.07) is 5.58. The van der Waals surface area contributed by atoms with Crippen molar-refractivity contribution < 1.29 is 9.18 Å². The molecule has 2 fully saturated rings. The van der Waals surface area contributed by atoms with Gasteiger partial charge in [-0.1, -0.05) is 6.07 Å². The van der Waals surface area contributed by atoms with Gasteiger partial charge in [0, 0.05) is 51.9 Å². The van der Waals surface area contributed by atoms with Crippen LogP contribution in [0, 0.1) is 0 Å². The lowest BCUT2D eigenvalue weighted by atomic mass is 10.1. The fourth-order valence-corrected chi connectivity index (χ4v) is 2.95. The zero-order valence-electron chi connectivity index (χ0n) is 13.3. The van der Waals surface area contributed by atoms with Gasteiger partial charge in [-0.25, -0.2) is 4.39 Å². The van der Waals surface area contributed by atoms with Crippen molar-refractivity contribution in [3.05, 3.63) is 30.1 Å². The number of pyridine rings is 1. The van der Waals surface area contributed by atoms with E-state index in [0.29, 0.717) is 26.1 Å². The Kier molecular flexibility index (Phi) is 10.7. The lowest BCUT2D eigenvalue weighted by molar-refractivity contribution is -0.135. The van der Waals surface area contributed by atoms with Crippen LogP contribution in [0.2, 0.25) is 0 Å². The monoisotopic (exact) mass is 400 g/mol. The normalized spacial score (nSPS) is 23.6. The smallest absolute Gasteiger partial charge is 0.239 e. The Hall–Kier alpha value is -0.660. The quantitative estimate of drug-likeness (QED) is 0.837. The first-order chi connectivity index (χ1) is 10.2. The molecule has 0 unspecified atom stereocenters. The first-order valence-electron chi connectivity index (χ1n) is 7.51. The maximum atomic E-state index is 13.2. The highest BCUT2D eigenvalue weighted by Gasteiger charge is 2.33. The number of rotatable bonds is 3. The third kappa shape index (κ3) is 6.01. The highest BCUT2D eigenvalue weighted by atomic mass is 35.5. The molecular weight excluding hydrogens is 378 g/mol. The maximum Gasteiger partial charge on any atom is 0.239 e. The van der Waals surface area contributed by atoms with E-state index in [2.05, 4.69) is 15.2 Å². The molecule has 0 saturated carbocycles. The molecule has 24 heavy (non-hydrogen) atoms. The van der Waals surface area contributed by atoms with E-state index >= 15 is 0 Å². The zero-order valence-corrected chi connectivity index (χ0v) is 15.7. The largest absolute Gasteiger partial charge is 0.339 e. The van der Waals surface area contributed by atoms with Gasteiger partial charge in [0.05, 0.1) is 11.7 Å². The molecule has 2 saturated heterocycles. The van der Waals surface area contributed by atoms with Crippen molar-refractivity contribution in [3.63, 3.8) is 0 Å². The maximum absolute atomic E-state index is 13.2. The van der Waals surface area contributed by atoms with E-state index in [4.69, 9.17) is 0 Å².